The van der Waals surface area contributed by atoms with E-state index in [1.54, 1.807) is 6.92 Å². The van der Waals surface area contributed by atoms with E-state index >= 15 is 0 Å². The Kier molecular flexibility index (Phi) is 4.55. The highest BCUT2D eigenvalue weighted by Crippen LogP contribution is 2.29. The molecule has 1 aromatic carbocycles. The van der Waals surface area contributed by atoms with Crippen molar-refractivity contribution < 1.29 is 4.79 Å². The van der Waals surface area contributed by atoms with E-state index in [-0.39, 0.29) is 11.2 Å². The van der Waals surface area contributed by atoms with Gasteiger partial charge in [0.05, 0.1) is 0 Å². The van der Waals surface area contributed by atoms with Gasteiger partial charge in [0.1, 0.15) is 5.78 Å². The number of carbonyl (C=O) groups excluding carboxylic acids is 1. The van der Waals surface area contributed by atoms with E-state index in [1.165, 1.54) is 22.4 Å². The quantitative estimate of drug-likeness (QED) is 0.871. The van der Waals surface area contributed by atoms with Crippen LogP contribution in [-0.2, 0) is 10.2 Å². The summed E-state index contributed by atoms with van der Waals surface area (Å²) in [7, 11) is 0. The molecule has 0 radical (unpaired) electrons. The van der Waals surface area contributed by atoms with Gasteiger partial charge in [0.15, 0.2) is 0 Å². The molecule has 0 aliphatic heterocycles. The maximum absolute atomic E-state index is 10.9. The number of benzene rings is 1. The fourth-order valence-corrected chi connectivity index (χ4v) is 2.04. The highest BCUT2D eigenvalue weighted by atomic mass is 16.1. The molecule has 0 saturated carbocycles. The van der Waals surface area contributed by atoms with Crippen LogP contribution in [0.2, 0.25) is 0 Å². The Morgan fingerprint density at radius 2 is 1.67 bits per heavy atom. The molecule has 0 atom stereocenters. The molecule has 0 aliphatic rings. The number of carbonyl (C=O) groups is 1. The number of anilines is 1. The molecule has 1 aromatic rings. The van der Waals surface area contributed by atoms with Gasteiger partial charge in [-0.1, -0.05) is 32.9 Å². The van der Waals surface area contributed by atoms with Gasteiger partial charge in [-0.25, -0.2) is 0 Å². The van der Waals surface area contributed by atoms with Gasteiger partial charge >= 0.3 is 0 Å². The molecule has 0 aromatic heterocycles. The Balaban J connectivity index is 2.91. The van der Waals surface area contributed by atoms with Crippen LogP contribution in [0.4, 0.5) is 5.69 Å². The summed E-state index contributed by atoms with van der Waals surface area (Å²) in [5, 5.41) is 3.37. The third-order valence-electron chi connectivity index (χ3n) is 3.18. The minimum atomic E-state index is 0.174. The molecular formula is C16H25NO. The van der Waals surface area contributed by atoms with Crippen LogP contribution in [0.1, 0.15) is 50.8 Å². The van der Waals surface area contributed by atoms with Crippen LogP contribution in [0.3, 0.4) is 0 Å². The largest absolute Gasteiger partial charge is 0.384 e. The molecule has 0 saturated heterocycles. The number of hydrogen-bond acceptors (Lipinski definition) is 2. The third kappa shape index (κ3) is 3.86. The SMILES string of the molecule is CC(=O)CCNc1c(C)cc(C(C)(C)C)cc1C. The molecule has 1 rings (SSSR count). The summed E-state index contributed by atoms with van der Waals surface area (Å²) in [5.41, 5.74) is 5.21. The van der Waals surface area contributed by atoms with Crippen LogP contribution in [0.15, 0.2) is 12.1 Å². The second-order valence-corrected chi connectivity index (χ2v) is 6.11. The van der Waals surface area contributed by atoms with E-state index in [0.29, 0.717) is 13.0 Å². The summed E-state index contributed by atoms with van der Waals surface area (Å²) in [4.78, 5) is 10.9. The van der Waals surface area contributed by atoms with Crippen LogP contribution in [0.5, 0.6) is 0 Å². The lowest BCUT2D eigenvalue weighted by Crippen LogP contribution is -2.13. The van der Waals surface area contributed by atoms with Crippen molar-refractivity contribution in [3.05, 3.63) is 28.8 Å². The summed E-state index contributed by atoms with van der Waals surface area (Å²) < 4.78 is 0. The van der Waals surface area contributed by atoms with Crippen molar-refractivity contribution in [3.63, 3.8) is 0 Å². The Morgan fingerprint density at radius 1 is 1.17 bits per heavy atom. The van der Waals surface area contributed by atoms with Gasteiger partial charge in [0.25, 0.3) is 0 Å². The molecule has 0 heterocycles. The van der Waals surface area contributed by atoms with Crippen LogP contribution in [-0.4, -0.2) is 12.3 Å². The molecule has 0 unspecified atom stereocenters. The van der Waals surface area contributed by atoms with Gasteiger partial charge in [-0.3, -0.25) is 4.79 Å². The Bertz CT molecular complexity index is 418. The maximum Gasteiger partial charge on any atom is 0.131 e. The van der Waals surface area contributed by atoms with Crippen molar-refractivity contribution in [1.82, 2.24) is 0 Å². The first kappa shape index (κ1) is 14.7. The lowest BCUT2D eigenvalue weighted by molar-refractivity contribution is -0.116. The normalized spacial score (nSPS) is 11.4. The zero-order valence-electron chi connectivity index (χ0n) is 12.5. The average Bonchev–Trinajstić information content (AvgIpc) is 2.20. The van der Waals surface area contributed by atoms with E-state index in [4.69, 9.17) is 0 Å². The van der Waals surface area contributed by atoms with Crippen molar-refractivity contribution in [1.29, 1.82) is 0 Å². The highest BCUT2D eigenvalue weighted by Gasteiger charge is 2.16. The van der Waals surface area contributed by atoms with E-state index in [0.717, 1.165) is 0 Å². The number of nitrogens with one attached hydrogen (secondary N) is 1. The van der Waals surface area contributed by atoms with Crippen LogP contribution >= 0.6 is 0 Å². The predicted molar refractivity (Wildman–Crippen MR) is 78.4 cm³/mol. The van der Waals surface area contributed by atoms with Gasteiger partial charge < -0.3 is 5.32 Å². The van der Waals surface area contributed by atoms with Crippen molar-refractivity contribution in [2.75, 3.05) is 11.9 Å². The second kappa shape index (κ2) is 5.55. The summed E-state index contributed by atoms with van der Waals surface area (Å²) >= 11 is 0. The Morgan fingerprint density at radius 3 is 2.06 bits per heavy atom. The molecule has 0 aliphatic carbocycles. The van der Waals surface area contributed by atoms with Gasteiger partial charge in [0, 0.05) is 18.7 Å². The Labute approximate surface area is 111 Å². The molecule has 0 amide bonds. The maximum atomic E-state index is 10.9. The average molecular weight is 247 g/mol. The molecule has 2 nitrogen and oxygen atoms in total. The van der Waals surface area contributed by atoms with E-state index < -0.39 is 0 Å². The fourth-order valence-electron chi connectivity index (χ4n) is 2.04. The van der Waals surface area contributed by atoms with Crippen LogP contribution in [0.25, 0.3) is 0 Å². The van der Waals surface area contributed by atoms with E-state index in [9.17, 15) is 4.79 Å². The number of rotatable bonds is 4. The smallest absolute Gasteiger partial charge is 0.131 e. The zero-order chi connectivity index (χ0) is 13.9. The molecule has 0 fully saturated rings. The molecule has 0 spiro atoms. The first-order valence-electron chi connectivity index (χ1n) is 6.57. The molecule has 0 bridgehead atoms. The number of Topliss-reactive ketones (excluding diaryl/α,β-unsaturated/α-hetero) is 1. The highest BCUT2D eigenvalue weighted by molar-refractivity contribution is 5.76. The van der Waals surface area contributed by atoms with Crippen LogP contribution in [0, 0.1) is 13.8 Å². The summed E-state index contributed by atoms with van der Waals surface area (Å²) in [6.45, 7) is 13.3. The first-order valence-corrected chi connectivity index (χ1v) is 6.57. The summed E-state index contributed by atoms with van der Waals surface area (Å²) in [6, 6.07) is 4.48. The second-order valence-electron chi connectivity index (χ2n) is 6.11. The Hall–Kier alpha value is -1.31. The van der Waals surface area contributed by atoms with E-state index in [2.05, 4.69) is 52.1 Å². The fraction of sp³-hybridized carbons (Fsp3) is 0.562. The lowest BCUT2D eigenvalue weighted by atomic mass is 9.85. The molecule has 1 N–H and O–H groups in total. The predicted octanol–water partition coefficient (Wildman–Crippen LogP) is 3.99. The molecular weight excluding hydrogens is 222 g/mol. The van der Waals surface area contributed by atoms with Gasteiger partial charge in [0.2, 0.25) is 0 Å². The summed E-state index contributed by atoms with van der Waals surface area (Å²) in [5.74, 6) is 0.226. The minimum absolute atomic E-state index is 0.174. The van der Waals surface area contributed by atoms with Crippen LogP contribution < -0.4 is 5.32 Å². The van der Waals surface area contributed by atoms with E-state index in [1.807, 2.05) is 0 Å². The van der Waals surface area contributed by atoms with Gasteiger partial charge in [-0.15, -0.1) is 0 Å². The van der Waals surface area contributed by atoms with Gasteiger partial charge in [-0.05, 0) is 42.9 Å². The minimum Gasteiger partial charge on any atom is -0.384 e. The van der Waals surface area contributed by atoms with Gasteiger partial charge in [-0.2, -0.15) is 0 Å². The lowest BCUT2D eigenvalue weighted by Gasteiger charge is -2.22. The number of ketones is 1. The van der Waals surface area contributed by atoms with Crippen molar-refractivity contribution in [2.45, 2.75) is 53.4 Å². The monoisotopic (exact) mass is 247 g/mol. The molecule has 18 heavy (non-hydrogen) atoms. The third-order valence-corrected chi connectivity index (χ3v) is 3.18. The molecule has 100 valence electrons. The topological polar surface area (TPSA) is 29.1 Å². The summed E-state index contributed by atoms with van der Waals surface area (Å²) in [6.07, 6.45) is 0.583. The number of aryl methyl sites for hydroxylation is 2. The zero-order valence-corrected chi connectivity index (χ0v) is 12.5. The van der Waals surface area contributed by atoms with Crippen molar-refractivity contribution in [3.8, 4) is 0 Å². The number of hydrogen-bond donors (Lipinski definition) is 1. The van der Waals surface area contributed by atoms with Crippen molar-refractivity contribution in [2.24, 2.45) is 0 Å². The van der Waals surface area contributed by atoms with Crippen molar-refractivity contribution >= 4 is 11.5 Å². The standard InChI is InChI=1S/C16H25NO/c1-11-9-14(16(4,5)6)10-12(2)15(11)17-8-7-13(3)18/h9-10,17H,7-8H2,1-6H3. The first-order chi connectivity index (χ1) is 8.21. The molecule has 2 heteroatoms.